The van der Waals surface area contributed by atoms with Crippen molar-refractivity contribution < 1.29 is 23.9 Å². The van der Waals surface area contributed by atoms with Crippen LogP contribution in [0.4, 0.5) is 0 Å². The molecule has 0 aliphatic heterocycles. The second kappa shape index (κ2) is 12.8. The van der Waals surface area contributed by atoms with Gasteiger partial charge in [0.25, 0.3) is 0 Å². The Balaban J connectivity index is 3.07. The first-order valence-electron chi connectivity index (χ1n) is 13.9. The van der Waals surface area contributed by atoms with Gasteiger partial charge in [-0.15, -0.1) is 0 Å². The maximum Gasteiger partial charge on any atom is 0.328 e. The molecule has 6 heteroatoms. The van der Waals surface area contributed by atoms with E-state index in [4.69, 9.17) is 9.47 Å². The quantitative estimate of drug-likeness (QED) is 0.248. The molecule has 5 unspecified atom stereocenters. The predicted octanol–water partition coefficient (Wildman–Crippen LogP) is 6.70. The van der Waals surface area contributed by atoms with Gasteiger partial charge in [-0.05, 0) is 66.6 Å². The van der Waals surface area contributed by atoms with E-state index < -0.39 is 23.4 Å². The Labute approximate surface area is 221 Å². The van der Waals surface area contributed by atoms with Crippen LogP contribution in [-0.4, -0.2) is 38.1 Å². The number of carbonyl (C=O) groups is 3. The van der Waals surface area contributed by atoms with Crippen molar-refractivity contribution in [1.29, 1.82) is 0 Å². The molecule has 1 aliphatic rings. The molecule has 1 rings (SSSR count). The van der Waals surface area contributed by atoms with Gasteiger partial charge in [0.1, 0.15) is 6.04 Å². The van der Waals surface area contributed by atoms with Crippen molar-refractivity contribution in [3.05, 3.63) is 0 Å². The number of ether oxygens (including phenoxy) is 2. The summed E-state index contributed by atoms with van der Waals surface area (Å²) in [5, 5.41) is 2.93. The average Bonchev–Trinajstić information content (AvgIpc) is 3.57. The van der Waals surface area contributed by atoms with Gasteiger partial charge in [0.05, 0.1) is 14.2 Å². The van der Waals surface area contributed by atoms with Crippen LogP contribution in [0.2, 0.25) is 0 Å². The second-order valence-corrected chi connectivity index (χ2v) is 13.7. The molecule has 1 aliphatic carbocycles. The fourth-order valence-electron chi connectivity index (χ4n) is 7.07. The van der Waals surface area contributed by atoms with Gasteiger partial charge in [-0.3, -0.25) is 9.59 Å². The number of hydrogen-bond donors (Lipinski definition) is 1. The second-order valence-electron chi connectivity index (χ2n) is 13.7. The van der Waals surface area contributed by atoms with E-state index in [0.717, 1.165) is 19.3 Å². The lowest BCUT2D eigenvalue weighted by Crippen LogP contribution is -2.49. The Morgan fingerprint density at radius 3 is 1.92 bits per heavy atom. The van der Waals surface area contributed by atoms with Crippen molar-refractivity contribution in [2.45, 2.75) is 126 Å². The van der Waals surface area contributed by atoms with Crippen molar-refractivity contribution in [2.24, 2.45) is 33.5 Å². The molecule has 0 radical (unpaired) electrons. The third-order valence-corrected chi connectivity index (χ3v) is 8.30. The number of methoxy groups -OCH3 is 2. The Morgan fingerprint density at radius 1 is 0.861 bits per heavy atom. The van der Waals surface area contributed by atoms with Crippen molar-refractivity contribution in [3.8, 4) is 0 Å². The van der Waals surface area contributed by atoms with E-state index in [2.05, 4.69) is 60.7 Å². The monoisotopic (exact) mass is 509 g/mol. The van der Waals surface area contributed by atoms with Gasteiger partial charge < -0.3 is 14.8 Å². The lowest BCUT2D eigenvalue weighted by Gasteiger charge is -2.41. The molecule has 0 heterocycles. The van der Waals surface area contributed by atoms with Crippen molar-refractivity contribution in [3.63, 3.8) is 0 Å². The number of esters is 2. The molecule has 210 valence electrons. The summed E-state index contributed by atoms with van der Waals surface area (Å²) in [5.41, 5.74) is -0.0349. The lowest BCUT2D eigenvalue weighted by atomic mass is 9.64. The summed E-state index contributed by atoms with van der Waals surface area (Å²) in [5.74, 6) is 0.159. The van der Waals surface area contributed by atoms with Gasteiger partial charge in [0.2, 0.25) is 5.91 Å². The van der Waals surface area contributed by atoms with Crippen LogP contribution in [0.15, 0.2) is 0 Å². The van der Waals surface area contributed by atoms with E-state index in [1.165, 1.54) is 39.9 Å². The summed E-state index contributed by atoms with van der Waals surface area (Å²) in [6, 6.07) is -0.866. The Bertz CT molecular complexity index is 755. The minimum Gasteiger partial charge on any atom is -0.469 e. The van der Waals surface area contributed by atoms with Crippen LogP contribution >= 0.6 is 0 Å². The maximum atomic E-state index is 13.7. The van der Waals surface area contributed by atoms with Crippen molar-refractivity contribution in [1.82, 2.24) is 5.32 Å². The first-order chi connectivity index (χ1) is 16.5. The van der Waals surface area contributed by atoms with Gasteiger partial charge in [0.15, 0.2) is 0 Å². The molecule has 1 N–H and O–H groups in total. The van der Waals surface area contributed by atoms with Crippen molar-refractivity contribution in [2.75, 3.05) is 14.2 Å². The topological polar surface area (TPSA) is 81.7 Å². The van der Waals surface area contributed by atoms with Crippen LogP contribution in [0.25, 0.3) is 0 Å². The van der Waals surface area contributed by atoms with Gasteiger partial charge in [0, 0.05) is 11.8 Å². The highest BCUT2D eigenvalue weighted by molar-refractivity contribution is 5.88. The summed E-state index contributed by atoms with van der Waals surface area (Å²) >= 11 is 0. The minimum absolute atomic E-state index is 0.00834. The molecule has 6 nitrogen and oxygen atoms in total. The average molecular weight is 510 g/mol. The highest BCUT2D eigenvalue weighted by Crippen LogP contribution is 2.64. The lowest BCUT2D eigenvalue weighted by molar-refractivity contribution is -0.148. The Morgan fingerprint density at radius 2 is 1.44 bits per heavy atom. The number of nitrogens with one attached hydrogen (secondary N) is 1. The fourth-order valence-corrected chi connectivity index (χ4v) is 7.07. The van der Waals surface area contributed by atoms with Crippen LogP contribution in [0.5, 0.6) is 0 Å². The minimum atomic E-state index is -0.866. The largest absolute Gasteiger partial charge is 0.469 e. The molecule has 1 amide bonds. The summed E-state index contributed by atoms with van der Waals surface area (Å²) in [7, 11) is 2.61. The Kier molecular flexibility index (Phi) is 11.5. The van der Waals surface area contributed by atoms with E-state index in [1.807, 2.05) is 6.92 Å². The fraction of sp³-hybridized carbons (Fsp3) is 0.900. The standard InChI is InChI=1S/C30H55NO5/c1-12-16-29(8,19-27(3,4)5)22-18-21(22)28(6,7)20-30(9,17-13-2)26(34)31-23(25(33)36-11)14-15-24(32)35-10/h21-23H,12-20H2,1-11H3,(H,31,34). The van der Waals surface area contributed by atoms with E-state index >= 15 is 0 Å². The molecule has 1 fully saturated rings. The molecular weight excluding hydrogens is 454 g/mol. The molecule has 36 heavy (non-hydrogen) atoms. The first-order valence-corrected chi connectivity index (χ1v) is 13.9. The summed E-state index contributed by atoms with van der Waals surface area (Å²) in [6.45, 7) is 20.5. The molecular formula is C30H55NO5. The van der Waals surface area contributed by atoms with Crippen LogP contribution < -0.4 is 5.32 Å². The number of rotatable bonds is 15. The van der Waals surface area contributed by atoms with Gasteiger partial charge in [-0.2, -0.15) is 0 Å². The molecule has 0 aromatic heterocycles. The van der Waals surface area contributed by atoms with E-state index in [-0.39, 0.29) is 29.6 Å². The van der Waals surface area contributed by atoms with Crippen LogP contribution in [0.3, 0.4) is 0 Å². The zero-order valence-corrected chi connectivity index (χ0v) is 25.1. The zero-order valence-electron chi connectivity index (χ0n) is 25.1. The molecule has 0 aromatic carbocycles. The van der Waals surface area contributed by atoms with Gasteiger partial charge in [-0.25, -0.2) is 4.79 Å². The molecule has 0 saturated heterocycles. The smallest absolute Gasteiger partial charge is 0.328 e. The molecule has 5 atom stereocenters. The van der Waals surface area contributed by atoms with Crippen LogP contribution in [0.1, 0.15) is 120 Å². The van der Waals surface area contributed by atoms with E-state index in [1.54, 1.807) is 0 Å². The summed E-state index contributed by atoms with van der Waals surface area (Å²) in [6.07, 6.45) is 7.40. The maximum absolute atomic E-state index is 13.7. The Hall–Kier alpha value is -1.59. The molecule has 0 spiro atoms. The molecule has 0 bridgehead atoms. The highest BCUT2D eigenvalue weighted by atomic mass is 16.5. The number of hydrogen-bond acceptors (Lipinski definition) is 5. The predicted molar refractivity (Wildman–Crippen MR) is 145 cm³/mol. The van der Waals surface area contributed by atoms with Gasteiger partial charge in [-0.1, -0.05) is 75.2 Å². The van der Waals surface area contributed by atoms with E-state index in [9.17, 15) is 14.4 Å². The van der Waals surface area contributed by atoms with Crippen LogP contribution in [-0.2, 0) is 23.9 Å². The summed E-state index contributed by atoms with van der Waals surface area (Å²) < 4.78 is 9.61. The third-order valence-electron chi connectivity index (χ3n) is 8.30. The SMILES string of the molecule is CCCC(C)(CC(C)(C)C1CC1C(C)(CCC)CC(C)(C)C)C(=O)NC(CCC(=O)OC)C(=O)OC. The highest BCUT2D eigenvalue weighted by Gasteiger charge is 2.57. The van der Waals surface area contributed by atoms with Gasteiger partial charge >= 0.3 is 11.9 Å². The number of amides is 1. The number of carbonyl (C=O) groups excluding carboxylic acids is 3. The summed E-state index contributed by atoms with van der Waals surface area (Å²) in [4.78, 5) is 37.7. The zero-order chi connectivity index (χ0) is 27.9. The van der Waals surface area contributed by atoms with E-state index in [0.29, 0.717) is 17.3 Å². The normalized spacial score (nSPS) is 22.1. The molecule has 1 saturated carbocycles. The first kappa shape index (κ1) is 32.4. The van der Waals surface area contributed by atoms with Crippen LogP contribution in [0, 0.1) is 33.5 Å². The van der Waals surface area contributed by atoms with Crippen molar-refractivity contribution >= 4 is 17.8 Å². The molecule has 0 aromatic rings. The third kappa shape index (κ3) is 9.06.